The molecule has 1 aromatic carbocycles. The minimum absolute atomic E-state index is 0. The Kier molecular flexibility index (Phi) is 3.14. The molecule has 0 aliphatic carbocycles. The molecule has 13 heavy (non-hydrogen) atoms. The average molecular weight is 202 g/mol. The number of nitrogens with two attached hydrogens (primary N) is 1. The molecule has 0 aromatic heterocycles. The second-order valence-corrected chi connectivity index (χ2v) is 2.94. The van der Waals surface area contributed by atoms with Gasteiger partial charge in [-0.05, 0) is 6.07 Å². The third kappa shape index (κ3) is 1.77. The maximum Gasteiger partial charge on any atom is 0.124 e. The highest BCUT2D eigenvalue weighted by Crippen LogP contribution is 2.29. The summed E-state index contributed by atoms with van der Waals surface area (Å²) in [6, 6.07) is 7.21. The summed E-state index contributed by atoms with van der Waals surface area (Å²) in [4.78, 5) is 0. The van der Waals surface area contributed by atoms with E-state index < -0.39 is 6.10 Å². The van der Waals surface area contributed by atoms with Gasteiger partial charge in [0.05, 0.1) is 6.04 Å². The fourth-order valence-electron chi connectivity index (χ4n) is 1.37. The molecule has 0 amide bonds. The molecule has 0 saturated carbocycles. The standard InChI is InChI=1S/C9H11NO2.ClH/c10-9-6-3-1-2-4-8(6)12-5-7(9)11;/h1-4,7,9,11H,5,10H2;1H/t7-,9-;/m0./s1. The van der Waals surface area contributed by atoms with E-state index in [1.165, 1.54) is 0 Å². The number of hydrogen-bond acceptors (Lipinski definition) is 3. The summed E-state index contributed by atoms with van der Waals surface area (Å²) in [6.07, 6.45) is -0.583. The SMILES string of the molecule is Cl.N[C@H]1c2ccccc2OC[C@@H]1O. The molecule has 3 nitrogen and oxygen atoms in total. The Labute approximate surface area is 82.9 Å². The molecule has 72 valence electrons. The van der Waals surface area contributed by atoms with E-state index in [0.29, 0.717) is 0 Å². The fourth-order valence-corrected chi connectivity index (χ4v) is 1.37. The predicted molar refractivity (Wildman–Crippen MR) is 52.1 cm³/mol. The van der Waals surface area contributed by atoms with E-state index >= 15 is 0 Å². The topological polar surface area (TPSA) is 55.5 Å². The molecule has 1 aliphatic heterocycles. The Morgan fingerprint density at radius 1 is 1.38 bits per heavy atom. The lowest BCUT2D eigenvalue weighted by atomic mass is 9.99. The van der Waals surface area contributed by atoms with Crippen molar-refractivity contribution in [2.75, 3.05) is 6.61 Å². The van der Waals surface area contributed by atoms with E-state index in [-0.39, 0.29) is 25.1 Å². The number of aliphatic hydroxyl groups excluding tert-OH is 1. The summed E-state index contributed by atoms with van der Waals surface area (Å²) >= 11 is 0. The van der Waals surface area contributed by atoms with Crippen LogP contribution >= 0.6 is 12.4 Å². The number of hydrogen-bond donors (Lipinski definition) is 2. The number of fused-ring (bicyclic) bond motifs is 1. The zero-order chi connectivity index (χ0) is 8.55. The summed E-state index contributed by atoms with van der Waals surface area (Å²) in [5.74, 6) is 0.787. The lowest BCUT2D eigenvalue weighted by Gasteiger charge is -2.27. The highest BCUT2D eigenvalue weighted by molar-refractivity contribution is 5.85. The number of para-hydroxylation sites is 1. The molecular weight excluding hydrogens is 190 g/mol. The van der Waals surface area contributed by atoms with Crippen molar-refractivity contribution in [3.8, 4) is 5.75 Å². The number of rotatable bonds is 0. The highest BCUT2D eigenvalue weighted by Gasteiger charge is 2.25. The maximum atomic E-state index is 9.37. The highest BCUT2D eigenvalue weighted by atomic mass is 35.5. The van der Waals surface area contributed by atoms with Gasteiger partial charge < -0.3 is 15.6 Å². The summed E-state index contributed by atoms with van der Waals surface area (Å²) in [6.45, 7) is 0.290. The number of ether oxygens (including phenoxy) is 1. The molecule has 0 bridgehead atoms. The van der Waals surface area contributed by atoms with Crippen molar-refractivity contribution in [3.63, 3.8) is 0 Å². The Morgan fingerprint density at radius 3 is 2.85 bits per heavy atom. The molecular formula is C9H12ClNO2. The van der Waals surface area contributed by atoms with Crippen LogP contribution in [0.1, 0.15) is 11.6 Å². The van der Waals surface area contributed by atoms with Gasteiger partial charge in [-0.15, -0.1) is 12.4 Å². The Balaban J connectivity index is 0.000000845. The van der Waals surface area contributed by atoms with Gasteiger partial charge in [0.25, 0.3) is 0 Å². The molecule has 2 atom stereocenters. The summed E-state index contributed by atoms with van der Waals surface area (Å²) in [5.41, 5.74) is 6.65. The van der Waals surface area contributed by atoms with Gasteiger partial charge in [-0.2, -0.15) is 0 Å². The van der Waals surface area contributed by atoms with E-state index in [0.717, 1.165) is 11.3 Å². The van der Waals surface area contributed by atoms with Crippen molar-refractivity contribution in [1.82, 2.24) is 0 Å². The average Bonchev–Trinajstić information content (AvgIpc) is 2.12. The molecule has 0 unspecified atom stereocenters. The zero-order valence-corrected chi connectivity index (χ0v) is 7.83. The van der Waals surface area contributed by atoms with Crippen LogP contribution in [-0.2, 0) is 0 Å². The van der Waals surface area contributed by atoms with Crippen molar-refractivity contribution in [2.45, 2.75) is 12.1 Å². The molecule has 0 radical (unpaired) electrons. The minimum Gasteiger partial charge on any atom is -0.490 e. The molecule has 3 N–H and O–H groups in total. The first-order chi connectivity index (χ1) is 5.79. The molecule has 4 heteroatoms. The Morgan fingerprint density at radius 2 is 2.08 bits per heavy atom. The van der Waals surface area contributed by atoms with Crippen molar-refractivity contribution in [1.29, 1.82) is 0 Å². The summed E-state index contributed by atoms with van der Waals surface area (Å²) in [7, 11) is 0. The zero-order valence-electron chi connectivity index (χ0n) is 7.01. The molecule has 0 saturated heterocycles. The summed E-state index contributed by atoms with van der Waals surface area (Å²) < 4.78 is 5.28. The first-order valence-corrected chi connectivity index (χ1v) is 3.94. The van der Waals surface area contributed by atoms with Gasteiger partial charge in [0.15, 0.2) is 0 Å². The van der Waals surface area contributed by atoms with Crippen LogP contribution in [0, 0.1) is 0 Å². The monoisotopic (exact) mass is 201 g/mol. The molecule has 1 aliphatic rings. The molecule has 2 rings (SSSR count). The first kappa shape index (κ1) is 10.3. The molecule has 1 aromatic rings. The van der Waals surface area contributed by atoms with Gasteiger partial charge in [-0.3, -0.25) is 0 Å². The molecule has 0 fully saturated rings. The van der Waals surface area contributed by atoms with Crippen molar-refractivity contribution < 1.29 is 9.84 Å². The van der Waals surface area contributed by atoms with Crippen LogP contribution in [0.3, 0.4) is 0 Å². The number of aliphatic hydroxyl groups is 1. The van der Waals surface area contributed by atoms with Crippen LogP contribution in [-0.4, -0.2) is 17.8 Å². The minimum atomic E-state index is -0.583. The van der Waals surface area contributed by atoms with E-state index in [2.05, 4.69) is 0 Å². The van der Waals surface area contributed by atoms with Crippen LogP contribution in [0.2, 0.25) is 0 Å². The van der Waals surface area contributed by atoms with Gasteiger partial charge in [0.1, 0.15) is 18.5 Å². The summed E-state index contributed by atoms with van der Waals surface area (Å²) in [5, 5.41) is 9.37. The Bertz CT molecular complexity index is 293. The van der Waals surface area contributed by atoms with Crippen molar-refractivity contribution in [2.24, 2.45) is 5.73 Å². The largest absolute Gasteiger partial charge is 0.490 e. The van der Waals surface area contributed by atoms with E-state index in [9.17, 15) is 5.11 Å². The van der Waals surface area contributed by atoms with Crippen molar-refractivity contribution in [3.05, 3.63) is 29.8 Å². The van der Waals surface area contributed by atoms with E-state index in [4.69, 9.17) is 10.5 Å². The first-order valence-electron chi connectivity index (χ1n) is 3.94. The van der Waals surface area contributed by atoms with Crippen LogP contribution in [0.15, 0.2) is 24.3 Å². The number of benzene rings is 1. The molecule has 0 spiro atoms. The number of halogens is 1. The van der Waals surface area contributed by atoms with Crippen molar-refractivity contribution >= 4 is 12.4 Å². The van der Waals surface area contributed by atoms with Gasteiger partial charge in [-0.1, -0.05) is 18.2 Å². The van der Waals surface area contributed by atoms with Crippen LogP contribution in [0.5, 0.6) is 5.75 Å². The van der Waals surface area contributed by atoms with Gasteiger partial charge in [-0.25, -0.2) is 0 Å². The lowest BCUT2D eigenvalue weighted by molar-refractivity contribution is 0.0679. The van der Waals surface area contributed by atoms with Crippen LogP contribution in [0.25, 0.3) is 0 Å². The maximum absolute atomic E-state index is 9.37. The normalized spacial score (nSPS) is 25.4. The van der Waals surface area contributed by atoms with E-state index in [1.807, 2.05) is 24.3 Å². The second-order valence-electron chi connectivity index (χ2n) is 2.94. The van der Waals surface area contributed by atoms with Gasteiger partial charge in [0, 0.05) is 5.56 Å². The third-order valence-corrected chi connectivity index (χ3v) is 2.10. The fraction of sp³-hybridized carbons (Fsp3) is 0.333. The molecule has 1 heterocycles. The third-order valence-electron chi connectivity index (χ3n) is 2.10. The predicted octanol–water partition coefficient (Wildman–Crippen LogP) is 0.862. The van der Waals surface area contributed by atoms with Crippen LogP contribution < -0.4 is 10.5 Å². The quantitative estimate of drug-likeness (QED) is 0.655. The Hall–Kier alpha value is -0.770. The van der Waals surface area contributed by atoms with E-state index in [1.54, 1.807) is 0 Å². The van der Waals surface area contributed by atoms with Gasteiger partial charge in [0.2, 0.25) is 0 Å². The van der Waals surface area contributed by atoms with Gasteiger partial charge >= 0.3 is 0 Å². The second kappa shape index (κ2) is 3.96. The van der Waals surface area contributed by atoms with Crippen LogP contribution in [0.4, 0.5) is 0 Å². The lowest BCUT2D eigenvalue weighted by Crippen LogP contribution is -2.35. The smallest absolute Gasteiger partial charge is 0.124 e.